The van der Waals surface area contributed by atoms with Gasteiger partial charge in [-0.25, -0.2) is 13.1 Å². The third kappa shape index (κ3) is 5.13. The van der Waals surface area contributed by atoms with E-state index in [1.807, 2.05) is 31.5 Å². The molecule has 1 unspecified atom stereocenters. The number of amides is 1. The Morgan fingerprint density at radius 3 is 2.50 bits per heavy atom. The van der Waals surface area contributed by atoms with Crippen LogP contribution in [0.5, 0.6) is 0 Å². The molecule has 0 saturated carbocycles. The molecule has 24 heavy (non-hydrogen) atoms. The van der Waals surface area contributed by atoms with Gasteiger partial charge in [-0.3, -0.25) is 4.79 Å². The van der Waals surface area contributed by atoms with E-state index in [9.17, 15) is 13.2 Å². The highest BCUT2D eigenvalue weighted by molar-refractivity contribution is 7.89. The SMILES string of the molecule is CNC(C)CNC(=O)c1ccc(S(=O)(=O)NCc2cccs2)cc1. The molecule has 0 aliphatic heterocycles. The molecule has 0 bridgehead atoms. The topological polar surface area (TPSA) is 87.3 Å². The number of hydrogen-bond acceptors (Lipinski definition) is 5. The fourth-order valence-corrected chi connectivity index (χ4v) is 3.64. The lowest BCUT2D eigenvalue weighted by atomic mass is 10.2. The Labute approximate surface area is 146 Å². The van der Waals surface area contributed by atoms with E-state index in [4.69, 9.17) is 0 Å². The number of hydrogen-bond donors (Lipinski definition) is 3. The second-order valence-corrected chi connectivity index (χ2v) is 8.13. The van der Waals surface area contributed by atoms with Crippen molar-refractivity contribution in [1.82, 2.24) is 15.4 Å². The summed E-state index contributed by atoms with van der Waals surface area (Å²) in [6.45, 7) is 2.71. The van der Waals surface area contributed by atoms with Crippen molar-refractivity contribution < 1.29 is 13.2 Å². The van der Waals surface area contributed by atoms with Crippen molar-refractivity contribution in [1.29, 1.82) is 0 Å². The van der Waals surface area contributed by atoms with Gasteiger partial charge in [-0.05, 0) is 49.7 Å². The Kier molecular flexibility index (Phi) is 6.50. The van der Waals surface area contributed by atoms with Crippen LogP contribution in [0.3, 0.4) is 0 Å². The van der Waals surface area contributed by atoms with Gasteiger partial charge < -0.3 is 10.6 Å². The number of carbonyl (C=O) groups is 1. The van der Waals surface area contributed by atoms with Gasteiger partial charge in [0.1, 0.15) is 0 Å². The molecule has 130 valence electrons. The predicted molar refractivity (Wildman–Crippen MR) is 95.6 cm³/mol. The summed E-state index contributed by atoms with van der Waals surface area (Å²) < 4.78 is 27.0. The summed E-state index contributed by atoms with van der Waals surface area (Å²) in [4.78, 5) is 13.1. The van der Waals surface area contributed by atoms with E-state index in [1.54, 1.807) is 0 Å². The highest BCUT2D eigenvalue weighted by atomic mass is 32.2. The molecule has 2 aromatic rings. The molecule has 0 aliphatic rings. The first kappa shape index (κ1) is 18.6. The zero-order valence-corrected chi connectivity index (χ0v) is 15.2. The van der Waals surface area contributed by atoms with Crippen LogP contribution in [0.2, 0.25) is 0 Å². The van der Waals surface area contributed by atoms with Crippen LogP contribution in [0.1, 0.15) is 22.2 Å². The van der Waals surface area contributed by atoms with Crippen LogP contribution in [-0.4, -0.2) is 34.0 Å². The molecular formula is C16H21N3O3S2. The monoisotopic (exact) mass is 367 g/mol. The Morgan fingerprint density at radius 2 is 1.92 bits per heavy atom. The van der Waals surface area contributed by atoms with Gasteiger partial charge in [0, 0.05) is 29.6 Å². The van der Waals surface area contributed by atoms with Crippen molar-refractivity contribution in [2.75, 3.05) is 13.6 Å². The summed E-state index contributed by atoms with van der Waals surface area (Å²) >= 11 is 1.49. The second-order valence-electron chi connectivity index (χ2n) is 5.33. The van der Waals surface area contributed by atoms with E-state index >= 15 is 0 Å². The molecule has 1 amide bonds. The third-order valence-corrected chi connectivity index (χ3v) is 5.80. The molecular weight excluding hydrogens is 346 g/mol. The molecule has 1 heterocycles. The number of sulfonamides is 1. The maximum atomic E-state index is 12.2. The van der Waals surface area contributed by atoms with Crippen LogP contribution in [0.25, 0.3) is 0 Å². The molecule has 3 N–H and O–H groups in total. The Hall–Kier alpha value is -1.74. The molecule has 1 atom stereocenters. The molecule has 2 rings (SSSR count). The van der Waals surface area contributed by atoms with Crippen LogP contribution < -0.4 is 15.4 Å². The maximum Gasteiger partial charge on any atom is 0.251 e. The number of carbonyl (C=O) groups excluding carboxylic acids is 1. The largest absolute Gasteiger partial charge is 0.350 e. The number of thiophene rings is 1. The van der Waals surface area contributed by atoms with Gasteiger partial charge in [0.25, 0.3) is 5.91 Å². The number of benzene rings is 1. The first-order valence-electron chi connectivity index (χ1n) is 7.50. The van der Waals surface area contributed by atoms with E-state index in [0.717, 1.165) is 4.88 Å². The molecule has 6 nitrogen and oxygen atoms in total. The van der Waals surface area contributed by atoms with Crippen LogP contribution in [0, 0.1) is 0 Å². The van der Waals surface area contributed by atoms with Crippen molar-refractivity contribution in [2.45, 2.75) is 24.4 Å². The molecule has 0 saturated heterocycles. The molecule has 0 radical (unpaired) electrons. The first-order chi connectivity index (χ1) is 11.4. The van der Waals surface area contributed by atoms with Gasteiger partial charge in [-0.15, -0.1) is 11.3 Å². The summed E-state index contributed by atoms with van der Waals surface area (Å²) in [5.74, 6) is -0.229. The summed E-state index contributed by atoms with van der Waals surface area (Å²) in [6, 6.07) is 9.80. The zero-order valence-electron chi connectivity index (χ0n) is 13.6. The summed E-state index contributed by atoms with van der Waals surface area (Å²) in [5.41, 5.74) is 0.426. The van der Waals surface area contributed by atoms with Crippen molar-refractivity contribution in [3.05, 3.63) is 52.2 Å². The summed E-state index contributed by atoms with van der Waals surface area (Å²) in [5, 5.41) is 7.71. The zero-order chi connectivity index (χ0) is 17.6. The number of rotatable bonds is 8. The lowest BCUT2D eigenvalue weighted by Crippen LogP contribution is -2.37. The van der Waals surface area contributed by atoms with Crippen molar-refractivity contribution in [3.8, 4) is 0 Å². The first-order valence-corrected chi connectivity index (χ1v) is 9.86. The van der Waals surface area contributed by atoms with Gasteiger partial charge >= 0.3 is 0 Å². The molecule has 0 aliphatic carbocycles. The fourth-order valence-electron chi connectivity index (χ4n) is 1.90. The normalized spacial score (nSPS) is 12.8. The van der Waals surface area contributed by atoms with Gasteiger partial charge in [0.2, 0.25) is 10.0 Å². The van der Waals surface area contributed by atoms with Crippen molar-refractivity contribution >= 4 is 27.3 Å². The van der Waals surface area contributed by atoms with Gasteiger partial charge in [0.15, 0.2) is 0 Å². The Balaban J connectivity index is 1.98. The van der Waals surface area contributed by atoms with Gasteiger partial charge in [0.05, 0.1) is 4.90 Å². The minimum Gasteiger partial charge on any atom is -0.350 e. The minimum atomic E-state index is -3.59. The number of nitrogens with one attached hydrogen (secondary N) is 3. The number of likely N-dealkylation sites (N-methyl/N-ethyl adjacent to an activating group) is 1. The molecule has 1 aromatic heterocycles. The van der Waals surface area contributed by atoms with E-state index in [2.05, 4.69) is 15.4 Å². The Bertz CT molecular complexity index is 756. The minimum absolute atomic E-state index is 0.138. The quantitative estimate of drug-likeness (QED) is 0.661. The smallest absolute Gasteiger partial charge is 0.251 e. The lowest BCUT2D eigenvalue weighted by Gasteiger charge is -2.11. The van der Waals surface area contributed by atoms with E-state index in [1.165, 1.54) is 35.6 Å². The van der Waals surface area contributed by atoms with Crippen molar-refractivity contribution in [2.24, 2.45) is 0 Å². The fraction of sp³-hybridized carbons (Fsp3) is 0.312. The van der Waals surface area contributed by atoms with E-state index < -0.39 is 10.0 Å². The van der Waals surface area contributed by atoms with Crippen LogP contribution in [0.4, 0.5) is 0 Å². The van der Waals surface area contributed by atoms with Gasteiger partial charge in [-0.1, -0.05) is 6.07 Å². The average Bonchev–Trinajstić information content (AvgIpc) is 3.11. The molecule has 0 fully saturated rings. The van der Waals surface area contributed by atoms with Crippen LogP contribution >= 0.6 is 11.3 Å². The van der Waals surface area contributed by atoms with Crippen molar-refractivity contribution in [3.63, 3.8) is 0 Å². The van der Waals surface area contributed by atoms with Crippen LogP contribution in [0.15, 0.2) is 46.7 Å². The van der Waals surface area contributed by atoms with E-state index in [-0.39, 0.29) is 23.4 Å². The third-order valence-electron chi connectivity index (χ3n) is 3.50. The molecule has 0 spiro atoms. The second kappa shape index (κ2) is 8.39. The summed E-state index contributed by atoms with van der Waals surface area (Å²) in [6.07, 6.45) is 0. The molecule has 8 heteroatoms. The average molecular weight is 367 g/mol. The maximum absolute atomic E-state index is 12.2. The molecule has 1 aromatic carbocycles. The highest BCUT2D eigenvalue weighted by Gasteiger charge is 2.15. The highest BCUT2D eigenvalue weighted by Crippen LogP contribution is 2.13. The lowest BCUT2D eigenvalue weighted by molar-refractivity contribution is 0.0950. The van der Waals surface area contributed by atoms with Crippen LogP contribution in [-0.2, 0) is 16.6 Å². The van der Waals surface area contributed by atoms with Gasteiger partial charge in [-0.2, -0.15) is 0 Å². The Morgan fingerprint density at radius 1 is 1.21 bits per heavy atom. The predicted octanol–water partition coefficient (Wildman–Crippen LogP) is 1.56. The standard InChI is InChI=1S/C16H21N3O3S2/c1-12(17-2)10-18-16(20)13-5-7-15(8-6-13)24(21,22)19-11-14-4-3-9-23-14/h3-9,12,17,19H,10-11H2,1-2H3,(H,18,20). The van der Waals surface area contributed by atoms with E-state index in [0.29, 0.717) is 12.1 Å². The summed E-state index contributed by atoms with van der Waals surface area (Å²) in [7, 11) is -1.77.